The zero-order chi connectivity index (χ0) is 33.2. The molecule has 0 saturated heterocycles. The molecule has 2 N–H and O–H groups in total. The molecule has 0 aromatic rings. The molecule has 240 valence electrons. The molecule has 0 aliphatic heterocycles. The third-order valence-corrected chi connectivity index (χ3v) is 8.31. The van der Waals surface area contributed by atoms with Gasteiger partial charge in [0, 0.05) is 2.85 Å². The van der Waals surface area contributed by atoms with Gasteiger partial charge in [0.05, 0.1) is 0 Å². The second-order valence-electron chi connectivity index (χ2n) is 13.4. The largest absolute Gasteiger partial charge is 0.385 e. The monoisotopic (exact) mass is 600 g/mol. The van der Waals surface area contributed by atoms with Gasteiger partial charge in [-0.3, -0.25) is 9.59 Å². The van der Waals surface area contributed by atoms with Crippen LogP contribution in [0.2, 0.25) is 0 Å². The maximum atomic E-state index is 12.2. The summed E-state index contributed by atoms with van der Waals surface area (Å²) in [7, 11) is 0. The van der Waals surface area contributed by atoms with Crippen LogP contribution >= 0.6 is 0 Å². The van der Waals surface area contributed by atoms with Gasteiger partial charge in [0.1, 0.15) is 12.2 Å². The summed E-state index contributed by atoms with van der Waals surface area (Å²) in [6, 6.07) is 0. The molecule has 0 amide bonds. The highest BCUT2D eigenvalue weighted by atomic mass is 16.3. The van der Waals surface area contributed by atoms with Crippen LogP contribution in [0, 0.1) is 10.8 Å². The predicted molar refractivity (Wildman–Crippen MR) is 189 cm³/mol. The Morgan fingerprint density at radius 3 is 1.23 bits per heavy atom. The summed E-state index contributed by atoms with van der Waals surface area (Å²) in [5.41, 5.74) is 7.16. The standard InChI is InChI=1S/C40H52O4.2H2/c1-27(17-13-19-29(3)21-23-33-31(5)37(43)35(41)25-39(33,7)8)15-11-12-16-28(2)18-14-20-30(4)22-24-34-32(6)38(44)36(42)26-40(34,9)10;;/h11-24,35-36,41-42H,25-26H2,1-10H3;2*1H/b12-11+,17-13+,18-14+,23-21+,24-22+,27-15+,28-16+,29-19+,30-20+;;/t35-,36-;;/m0../s1. The van der Waals surface area contributed by atoms with Crippen LogP contribution in [0.1, 0.15) is 84.9 Å². The van der Waals surface area contributed by atoms with Crippen molar-refractivity contribution in [1.82, 2.24) is 0 Å². The smallest absolute Gasteiger partial charge is 0.187 e. The summed E-state index contributed by atoms with van der Waals surface area (Å²) in [4.78, 5) is 24.5. The summed E-state index contributed by atoms with van der Waals surface area (Å²) >= 11 is 0. The molecular formula is C40H56O4. The van der Waals surface area contributed by atoms with E-state index in [1.165, 1.54) is 0 Å². The molecule has 2 aliphatic rings. The zero-order valence-electron chi connectivity index (χ0n) is 28.4. The van der Waals surface area contributed by atoms with Crippen molar-refractivity contribution in [3.63, 3.8) is 0 Å². The molecule has 4 nitrogen and oxygen atoms in total. The van der Waals surface area contributed by atoms with Gasteiger partial charge in [-0.15, -0.1) is 0 Å². The van der Waals surface area contributed by atoms with E-state index >= 15 is 0 Å². The summed E-state index contributed by atoms with van der Waals surface area (Å²) < 4.78 is 0. The van der Waals surface area contributed by atoms with Gasteiger partial charge in [0.2, 0.25) is 0 Å². The lowest BCUT2D eigenvalue weighted by molar-refractivity contribution is -0.126. The highest BCUT2D eigenvalue weighted by Crippen LogP contribution is 2.40. The van der Waals surface area contributed by atoms with Gasteiger partial charge in [-0.05, 0) is 87.5 Å². The van der Waals surface area contributed by atoms with Crippen molar-refractivity contribution in [2.75, 3.05) is 0 Å². The van der Waals surface area contributed by atoms with Gasteiger partial charge < -0.3 is 10.2 Å². The molecule has 0 unspecified atom stereocenters. The van der Waals surface area contributed by atoms with Crippen LogP contribution in [-0.4, -0.2) is 34.0 Å². The SMILES string of the molecule is CC1=C(/C=C/C(C)=C/C=C/C(C)=C/C=C/C=C(C)/C=C/C=C(C)/C=C/C2=C(C)C(=O)[C@@H](O)CC2(C)C)C(C)(C)C[C@H](O)C1=O.[HH].[HH]. The normalized spacial score (nSPS) is 24.5. The maximum absolute atomic E-state index is 12.2. The molecule has 0 aromatic carbocycles. The zero-order valence-corrected chi connectivity index (χ0v) is 28.4. The molecule has 44 heavy (non-hydrogen) atoms. The number of hydrogen-bond donors (Lipinski definition) is 2. The van der Waals surface area contributed by atoms with Crippen molar-refractivity contribution < 1.29 is 22.7 Å². The number of aliphatic hydroxyl groups is 2. The number of hydrogen-bond acceptors (Lipinski definition) is 4. The van der Waals surface area contributed by atoms with Gasteiger partial charge in [0.15, 0.2) is 11.6 Å². The lowest BCUT2D eigenvalue weighted by Crippen LogP contribution is -2.35. The highest BCUT2D eigenvalue weighted by Gasteiger charge is 2.37. The quantitative estimate of drug-likeness (QED) is 0.245. The number of carbonyl (C=O) groups is 2. The maximum Gasteiger partial charge on any atom is 0.187 e. The van der Waals surface area contributed by atoms with Crippen molar-refractivity contribution in [2.24, 2.45) is 10.8 Å². The number of Topliss-reactive ketones (excluding diaryl/α,β-unsaturated/α-hetero) is 2. The van der Waals surface area contributed by atoms with Gasteiger partial charge in [-0.1, -0.05) is 135 Å². The van der Waals surface area contributed by atoms with E-state index in [-0.39, 0.29) is 25.2 Å². The Hall–Kier alpha value is -3.60. The van der Waals surface area contributed by atoms with Crippen LogP contribution in [0.25, 0.3) is 0 Å². The fraction of sp³-hybridized carbons (Fsp3) is 0.400. The van der Waals surface area contributed by atoms with Gasteiger partial charge in [0.25, 0.3) is 0 Å². The third-order valence-electron chi connectivity index (χ3n) is 8.31. The minimum absolute atomic E-state index is 0. The van der Waals surface area contributed by atoms with Crippen molar-refractivity contribution in [3.8, 4) is 0 Å². The summed E-state index contributed by atoms with van der Waals surface area (Å²) in [6.07, 6.45) is 27.5. The van der Waals surface area contributed by atoms with Crippen LogP contribution in [0.4, 0.5) is 0 Å². The molecule has 0 heterocycles. The van der Waals surface area contributed by atoms with E-state index in [0.717, 1.165) is 33.4 Å². The van der Waals surface area contributed by atoms with E-state index in [0.29, 0.717) is 24.0 Å². The van der Waals surface area contributed by atoms with E-state index in [4.69, 9.17) is 0 Å². The van der Waals surface area contributed by atoms with Gasteiger partial charge in [-0.2, -0.15) is 0 Å². The molecule has 0 bridgehead atoms. The van der Waals surface area contributed by atoms with Gasteiger partial charge in [-0.25, -0.2) is 0 Å². The average Bonchev–Trinajstić information content (AvgIpc) is 2.92. The molecule has 4 heteroatoms. The Morgan fingerprint density at radius 1 is 0.591 bits per heavy atom. The van der Waals surface area contributed by atoms with E-state index in [1.807, 2.05) is 74.6 Å². The number of allylic oxidation sites excluding steroid dienone is 20. The first-order valence-electron chi connectivity index (χ1n) is 15.4. The molecule has 0 fully saturated rings. The number of aliphatic hydroxyl groups excluding tert-OH is 2. The van der Waals surface area contributed by atoms with Crippen LogP contribution in [0.3, 0.4) is 0 Å². The van der Waals surface area contributed by atoms with Crippen molar-refractivity contribution in [3.05, 3.63) is 130 Å². The minimum Gasteiger partial charge on any atom is -0.385 e. The second-order valence-corrected chi connectivity index (χ2v) is 13.4. The average molecular weight is 601 g/mol. The molecule has 0 aromatic heterocycles. The lowest BCUT2D eigenvalue weighted by atomic mass is 9.71. The Bertz CT molecular complexity index is 1350. The fourth-order valence-corrected chi connectivity index (χ4v) is 5.62. The Kier molecular flexibility index (Phi) is 13.2. The van der Waals surface area contributed by atoms with E-state index in [2.05, 4.69) is 65.8 Å². The van der Waals surface area contributed by atoms with Crippen molar-refractivity contribution >= 4 is 11.6 Å². The predicted octanol–water partition coefficient (Wildman–Crippen LogP) is 9.40. The second kappa shape index (κ2) is 15.9. The first-order chi connectivity index (χ1) is 20.5. The van der Waals surface area contributed by atoms with Crippen LogP contribution in [0.5, 0.6) is 0 Å². The number of rotatable bonds is 10. The fourth-order valence-electron chi connectivity index (χ4n) is 5.62. The molecule has 0 spiro atoms. The van der Waals surface area contributed by atoms with E-state index < -0.39 is 12.2 Å². The first-order valence-corrected chi connectivity index (χ1v) is 15.4. The Labute approximate surface area is 268 Å². The van der Waals surface area contributed by atoms with E-state index in [1.54, 1.807) is 13.8 Å². The van der Waals surface area contributed by atoms with Crippen LogP contribution < -0.4 is 0 Å². The third kappa shape index (κ3) is 10.5. The van der Waals surface area contributed by atoms with Crippen LogP contribution in [0.15, 0.2) is 130 Å². The Balaban J connectivity index is 0.0000101. The molecule has 0 radical (unpaired) electrons. The molecule has 2 atom stereocenters. The summed E-state index contributed by atoms with van der Waals surface area (Å²) in [5, 5.41) is 20.0. The summed E-state index contributed by atoms with van der Waals surface area (Å²) in [6.45, 7) is 20.0. The molecule has 2 rings (SSSR count). The van der Waals surface area contributed by atoms with Gasteiger partial charge >= 0.3 is 0 Å². The van der Waals surface area contributed by atoms with E-state index in [9.17, 15) is 19.8 Å². The molecule has 2 aliphatic carbocycles. The lowest BCUT2D eigenvalue weighted by Gasteiger charge is -2.34. The first kappa shape index (κ1) is 36.6. The van der Waals surface area contributed by atoms with Crippen molar-refractivity contribution in [1.29, 1.82) is 0 Å². The molecule has 0 saturated carbocycles. The highest BCUT2D eigenvalue weighted by molar-refractivity contribution is 6.01. The van der Waals surface area contributed by atoms with Crippen molar-refractivity contribution in [2.45, 2.75) is 94.3 Å². The topological polar surface area (TPSA) is 74.6 Å². The summed E-state index contributed by atoms with van der Waals surface area (Å²) in [5.74, 6) is -0.350. The van der Waals surface area contributed by atoms with Crippen LogP contribution in [-0.2, 0) is 9.59 Å². The Morgan fingerprint density at radius 2 is 0.886 bits per heavy atom. The molecular weight excluding hydrogens is 544 g/mol. The minimum atomic E-state index is -0.907. The number of ketones is 2. The number of carbonyl (C=O) groups excluding carboxylic acids is 2.